The van der Waals surface area contributed by atoms with Crippen LogP contribution in [0.2, 0.25) is 0 Å². The van der Waals surface area contributed by atoms with Gasteiger partial charge in [-0.15, -0.1) is 5.10 Å². The molecule has 0 atom stereocenters. The minimum Gasteiger partial charge on any atom is -0.396 e. The molecule has 0 radical (unpaired) electrons. The molecule has 2 heterocycles. The fourth-order valence-electron chi connectivity index (χ4n) is 2.06. The third kappa shape index (κ3) is 2.61. The van der Waals surface area contributed by atoms with Gasteiger partial charge < -0.3 is 5.11 Å². The van der Waals surface area contributed by atoms with Gasteiger partial charge >= 0.3 is 0 Å². The molecular weight excluding hydrogens is 240 g/mol. The van der Waals surface area contributed by atoms with Crippen molar-refractivity contribution in [2.24, 2.45) is 0 Å². The Morgan fingerprint density at radius 3 is 3.05 bits per heavy atom. The van der Waals surface area contributed by atoms with E-state index in [-0.39, 0.29) is 6.61 Å². The van der Waals surface area contributed by atoms with E-state index in [1.54, 1.807) is 10.9 Å². The van der Waals surface area contributed by atoms with Gasteiger partial charge in [-0.25, -0.2) is 4.68 Å². The molecule has 0 bridgehead atoms. The normalized spacial score (nSPS) is 11.0. The summed E-state index contributed by atoms with van der Waals surface area (Å²) >= 11 is 0. The second-order valence-corrected chi connectivity index (χ2v) is 4.41. The molecule has 0 aliphatic heterocycles. The summed E-state index contributed by atoms with van der Waals surface area (Å²) in [5, 5.41) is 18.0. The zero-order valence-electron chi connectivity index (χ0n) is 10.4. The zero-order valence-corrected chi connectivity index (χ0v) is 10.4. The summed E-state index contributed by atoms with van der Waals surface area (Å²) in [5.41, 5.74) is 2.96. The number of benzene rings is 1. The van der Waals surface area contributed by atoms with Crippen LogP contribution < -0.4 is 0 Å². The second-order valence-electron chi connectivity index (χ2n) is 4.41. The zero-order chi connectivity index (χ0) is 13.1. The highest BCUT2D eigenvalue weighted by molar-refractivity contribution is 5.78. The predicted molar refractivity (Wildman–Crippen MR) is 71.7 cm³/mol. The number of pyridine rings is 1. The third-order valence-corrected chi connectivity index (χ3v) is 2.97. The van der Waals surface area contributed by atoms with Gasteiger partial charge in [0.1, 0.15) is 0 Å². The van der Waals surface area contributed by atoms with Crippen molar-refractivity contribution in [3.05, 3.63) is 54.0 Å². The summed E-state index contributed by atoms with van der Waals surface area (Å²) in [4.78, 5) is 4.30. The van der Waals surface area contributed by atoms with E-state index in [9.17, 15) is 0 Å². The van der Waals surface area contributed by atoms with E-state index >= 15 is 0 Å². The topological polar surface area (TPSA) is 63.8 Å². The summed E-state index contributed by atoms with van der Waals surface area (Å²) in [5.74, 6) is 0. The maximum Gasteiger partial charge on any atom is 0.0850 e. The molecule has 0 fully saturated rings. The molecule has 1 N–H and O–H groups in total. The van der Waals surface area contributed by atoms with E-state index in [0.29, 0.717) is 13.0 Å². The first-order chi connectivity index (χ1) is 9.35. The molecule has 96 valence electrons. The quantitative estimate of drug-likeness (QED) is 0.764. The maximum absolute atomic E-state index is 8.85. The lowest BCUT2D eigenvalue weighted by Gasteiger charge is -2.02. The molecule has 1 aromatic carbocycles. The summed E-state index contributed by atoms with van der Waals surface area (Å²) < 4.78 is 1.78. The lowest BCUT2D eigenvalue weighted by molar-refractivity contribution is 0.298. The Labute approximate surface area is 110 Å². The maximum atomic E-state index is 8.85. The summed E-state index contributed by atoms with van der Waals surface area (Å²) in [6.45, 7) is 0.767. The van der Waals surface area contributed by atoms with Gasteiger partial charge in [0.2, 0.25) is 0 Å². The van der Waals surface area contributed by atoms with Gasteiger partial charge in [-0.2, -0.15) is 0 Å². The van der Waals surface area contributed by atoms with Crippen molar-refractivity contribution >= 4 is 10.9 Å². The first kappa shape index (κ1) is 11.8. The molecular formula is C14H14N4O. The van der Waals surface area contributed by atoms with Gasteiger partial charge in [0.05, 0.1) is 17.8 Å². The largest absolute Gasteiger partial charge is 0.396 e. The Balaban J connectivity index is 1.83. The van der Waals surface area contributed by atoms with Crippen LogP contribution in [0.25, 0.3) is 10.9 Å². The van der Waals surface area contributed by atoms with E-state index < -0.39 is 0 Å². The molecule has 5 nitrogen and oxygen atoms in total. The smallest absolute Gasteiger partial charge is 0.0850 e. The van der Waals surface area contributed by atoms with E-state index in [1.807, 2.05) is 30.5 Å². The molecule has 2 aromatic heterocycles. The van der Waals surface area contributed by atoms with Crippen LogP contribution in [0, 0.1) is 0 Å². The van der Waals surface area contributed by atoms with E-state index in [1.165, 1.54) is 0 Å². The molecule has 0 aliphatic rings. The fourth-order valence-corrected chi connectivity index (χ4v) is 2.06. The Hall–Kier alpha value is -2.27. The average molecular weight is 254 g/mol. The first-order valence-corrected chi connectivity index (χ1v) is 6.19. The van der Waals surface area contributed by atoms with Crippen LogP contribution in [0.3, 0.4) is 0 Å². The molecule has 0 saturated heterocycles. The van der Waals surface area contributed by atoms with E-state index in [2.05, 4.69) is 21.4 Å². The average Bonchev–Trinajstić information content (AvgIpc) is 2.86. The molecule has 3 aromatic rings. The fraction of sp³-hybridized carbons (Fsp3) is 0.214. The summed E-state index contributed by atoms with van der Waals surface area (Å²) in [6.07, 6.45) is 4.20. The lowest BCUT2D eigenvalue weighted by atomic mass is 10.1. The van der Waals surface area contributed by atoms with Crippen molar-refractivity contribution in [1.29, 1.82) is 0 Å². The number of aromatic nitrogens is 4. The summed E-state index contributed by atoms with van der Waals surface area (Å²) in [7, 11) is 0. The second kappa shape index (κ2) is 5.16. The summed E-state index contributed by atoms with van der Waals surface area (Å²) in [6, 6.07) is 10.1. The number of aliphatic hydroxyl groups excluding tert-OH is 1. The molecule has 0 saturated carbocycles. The Morgan fingerprint density at radius 1 is 1.21 bits per heavy atom. The number of hydrogen-bond acceptors (Lipinski definition) is 4. The van der Waals surface area contributed by atoms with Crippen LogP contribution in [-0.4, -0.2) is 31.7 Å². The number of fused-ring (bicyclic) bond motifs is 1. The van der Waals surface area contributed by atoms with Crippen molar-refractivity contribution in [3.63, 3.8) is 0 Å². The van der Waals surface area contributed by atoms with Gasteiger partial charge in [-0.1, -0.05) is 17.3 Å². The molecule has 0 aliphatic carbocycles. The van der Waals surface area contributed by atoms with Gasteiger partial charge in [0.25, 0.3) is 0 Å². The molecule has 0 amide bonds. The highest BCUT2D eigenvalue weighted by Gasteiger charge is 2.02. The van der Waals surface area contributed by atoms with Crippen LogP contribution >= 0.6 is 0 Å². The Bertz CT molecular complexity index is 692. The molecule has 0 unspecified atom stereocenters. The van der Waals surface area contributed by atoms with Crippen molar-refractivity contribution in [2.45, 2.75) is 13.0 Å². The molecule has 3 rings (SSSR count). The highest BCUT2D eigenvalue weighted by atomic mass is 16.3. The van der Waals surface area contributed by atoms with Crippen molar-refractivity contribution in [1.82, 2.24) is 20.0 Å². The molecule has 19 heavy (non-hydrogen) atoms. The van der Waals surface area contributed by atoms with Crippen LogP contribution in [0.5, 0.6) is 0 Å². The van der Waals surface area contributed by atoms with Crippen LogP contribution in [0.1, 0.15) is 11.3 Å². The van der Waals surface area contributed by atoms with Crippen molar-refractivity contribution in [3.8, 4) is 0 Å². The van der Waals surface area contributed by atoms with Crippen LogP contribution in [0.15, 0.2) is 42.7 Å². The van der Waals surface area contributed by atoms with Gasteiger partial charge in [0.15, 0.2) is 0 Å². The van der Waals surface area contributed by atoms with Gasteiger partial charge in [0, 0.05) is 30.8 Å². The Kier molecular flexibility index (Phi) is 3.20. The lowest BCUT2D eigenvalue weighted by Crippen LogP contribution is -2.00. The van der Waals surface area contributed by atoms with Crippen LogP contribution in [0.4, 0.5) is 0 Å². The minimum absolute atomic E-state index is 0.0976. The number of hydrogen-bond donors (Lipinski definition) is 1. The minimum atomic E-state index is 0.0976. The Morgan fingerprint density at radius 2 is 2.16 bits per heavy atom. The number of rotatable bonds is 4. The van der Waals surface area contributed by atoms with E-state index in [4.69, 9.17) is 5.11 Å². The van der Waals surface area contributed by atoms with Crippen molar-refractivity contribution in [2.75, 3.05) is 6.61 Å². The number of nitrogens with zero attached hydrogens (tertiary/aromatic N) is 4. The molecule has 0 spiro atoms. The standard InChI is InChI=1S/C14H14N4O/c19-7-5-13-10-18(17-16-13)9-11-3-4-14-12(8-11)2-1-6-15-14/h1-4,6,8,10,19H,5,7,9H2. The predicted octanol–water partition coefficient (Wildman–Crippen LogP) is 1.41. The monoisotopic (exact) mass is 254 g/mol. The molecule has 5 heteroatoms. The SMILES string of the molecule is OCCc1cn(Cc2ccc3ncccc3c2)nn1. The third-order valence-electron chi connectivity index (χ3n) is 2.97. The van der Waals surface area contributed by atoms with E-state index in [0.717, 1.165) is 22.2 Å². The highest BCUT2D eigenvalue weighted by Crippen LogP contribution is 2.14. The van der Waals surface area contributed by atoms with Gasteiger partial charge in [-0.05, 0) is 23.8 Å². The van der Waals surface area contributed by atoms with Crippen molar-refractivity contribution < 1.29 is 5.11 Å². The van der Waals surface area contributed by atoms with Crippen LogP contribution in [-0.2, 0) is 13.0 Å². The van der Waals surface area contributed by atoms with Gasteiger partial charge in [-0.3, -0.25) is 4.98 Å². The first-order valence-electron chi connectivity index (χ1n) is 6.19. The number of aliphatic hydroxyl groups is 1.